The third kappa shape index (κ3) is 3.04. The van der Waals surface area contributed by atoms with Crippen LogP contribution in [0, 0.1) is 23.6 Å². The highest BCUT2D eigenvalue weighted by molar-refractivity contribution is 5.86. The molecule has 4 nitrogen and oxygen atoms in total. The van der Waals surface area contributed by atoms with Gasteiger partial charge in [-0.05, 0) is 80.4 Å². The smallest absolute Gasteiger partial charge is 0.318 e. The van der Waals surface area contributed by atoms with Gasteiger partial charge in [0.2, 0.25) is 0 Å². The summed E-state index contributed by atoms with van der Waals surface area (Å²) < 4.78 is 15.1. The number of nitrogens with zero attached hydrogens (tertiary/aromatic N) is 1. The van der Waals surface area contributed by atoms with E-state index in [4.69, 9.17) is 0 Å². The molecule has 4 aliphatic carbocycles. The Bertz CT molecular complexity index is 1210. The van der Waals surface area contributed by atoms with E-state index in [1.807, 2.05) is 29.2 Å². The minimum atomic E-state index is -0.448. The Balaban J connectivity index is 1.28. The molecule has 33 heavy (non-hydrogen) atoms. The van der Waals surface area contributed by atoms with Gasteiger partial charge in [0.05, 0.1) is 0 Å². The molecule has 0 spiro atoms. The molecule has 2 amide bonds. The summed E-state index contributed by atoms with van der Waals surface area (Å²) in [4.78, 5) is 19.3. The number of para-hydroxylation sites is 1. The quantitative estimate of drug-likeness (QED) is 0.506. The lowest BCUT2D eigenvalue weighted by molar-refractivity contribution is -0.0163. The van der Waals surface area contributed by atoms with Crippen LogP contribution < -0.4 is 5.32 Å². The third-order valence-electron chi connectivity index (χ3n) is 8.91. The molecule has 1 atom stereocenters. The fraction of sp³-hybridized carbons (Fsp3) is 0.464. The predicted molar refractivity (Wildman–Crippen MR) is 126 cm³/mol. The minimum Gasteiger partial charge on any atom is -0.356 e. The molecule has 4 saturated carbocycles. The molecule has 1 aromatic heterocycles. The standard InChI is InChI=1S/C28H30FN3O/c29-23-7-3-1-6-22(23)26-25-21(20-5-2-4-8-24(20)30-25)9-10-32(26)27(33)31-28-14-17-11-18(15-28)13-19(12-17)16-28/h1-8,17-19,26,30H,9-16H2,(H,31,33). The van der Waals surface area contributed by atoms with E-state index in [1.165, 1.54) is 36.3 Å². The van der Waals surface area contributed by atoms with E-state index in [2.05, 4.69) is 22.4 Å². The highest BCUT2D eigenvalue weighted by Gasteiger charge is 2.52. The maximum atomic E-state index is 15.1. The van der Waals surface area contributed by atoms with E-state index in [1.54, 1.807) is 6.07 Å². The third-order valence-corrected chi connectivity index (χ3v) is 8.91. The molecule has 2 heterocycles. The molecule has 2 aromatic carbocycles. The molecule has 8 rings (SSSR count). The molecule has 4 bridgehead atoms. The Morgan fingerprint density at radius 1 is 0.970 bits per heavy atom. The van der Waals surface area contributed by atoms with Gasteiger partial charge in [-0.1, -0.05) is 36.4 Å². The first-order chi connectivity index (χ1) is 16.1. The lowest BCUT2D eigenvalue weighted by Crippen LogP contribution is -2.62. The van der Waals surface area contributed by atoms with Gasteiger partial charge in [0.25, 0.3) is 0 Å². The maximum Gasteiger partial charge on any atom is 0.318 e. The van der Waals surface area contributed by atoms with Crippen molar-refractivity contribution in [3.8, 4) is 0 Å². The number of H-pyrrole nitrogens is 1. The van der Waals surface area contributed by atoms with Gasteiger partial charge in [-0.25, -0.2) is 9.18 Å². The summed E-state index contributed by atoms with van der Waals surface area (Å²) in [6.07, 6.45) is 8.14. The van der Waals surface area contributed by atoms with Crippen LogP contribution in [0.1, 0.15) is 61.4 Å². The highest BCUT2D eigenvalue weighted by Crippen LogP contribution is 2.55. The predicted octanol–water partition coefficient (Wildman–Crippen LogP) is 5.93. The van der Waals surface area contributed by atoms with Crippen molar-refractivity contribution in [2.75, 3.05) is 6.54 Å². The van der Waals surface area contributed by atoms with Crippen molar-refractivity contribution in [2.24, 2.45) is 17.8 Å². The normalized spacial score (nSPS) is 32.2. The molecule has 4 fully saturated rings. The number of urea groups is 1. The highest BCUT2D eigenvalue weighted by atomic mass is 19.1. The molecule has 5 heteroatoms. The molecule has 170 valence electrons. The summed E-state index contributed by atoms with van der Waals surface area (Å²) >= 11 is 0. The van der Waals surface area contributed by atoms with Crippen LogP contribution in [-0.4, -0.2) is 28.0 Å². The van der Waals surface area contributed by atoms with E-state index < -0.39 is 6.04 Å². The Labute approximate surface area is 193 Å². The topological polar surface area (TPSA) is 48.1 Å². The van der Waals surface area contributed by atoms with Gasteiger partial charge in [-0.2, -0.15) is 0 Å². The summed E-state index contributed by atoms with van der Waals surface area (Å²) in [5, 5.41) is 4.70. The van der Waals surface area contributed by atoms with Crippen molar-refractivity contribution < 1.29 is 9.18 Å². The van der Waals surface area contributed by atoms with E-state index >= 15 is 4.39 Å². The Morgan fingerprint density at radius 2 is 1.64 bits per heavy atom. The van der Waals surface area contributed by atoms with Gasteiger partial charge in [-0.15, -0.1) is 0 Å². The van der Waals surface area contributed by atoms with E-state index in [0.29, 0.717) is 12.1 Å². The number of hydrogen-bond acceptors (Lipinski definition) is 1. The average molecular weight is 444 g/mol. The summed E-state index contributed by atoms with van der Waals surface area (Å²) in [7, 11) is 0. The number of aromatic nitrogens is 1. The number of carbonyl (C=O) groups excluding carboxylic acids is 1. The van der Waals surface area contributed by atoms with Crippen LogP contribution in [0.15, 0.2) is 48.5 Å². The zero-order chi connectivity index (χ0) is 22.2. The number of aromatic amines is 1. The number of fused-ring (bicyclic) bond motifs is 3. The average Bonchev–Trinajstić information content (AvgIpc) is 3.16. The first-order valence-electron chi connectivity index (χ1n) is 12.5. The second-order valence-corrected chi connectivity index (χ2v) is 11.1. The van der Waals surface area contributed by atoms with E-state index in [9.17, 15) is 4.79 Å². The summed E-state index contributed by atoms with van der Waals surface area (Å²) in [5.41, 5.74) is 3.70. The molecule has 0 saturated heterocycles. The number of halogens is 1. The van der Waals surface area contributed by atoms with Crippen molar-refractivity contribution in [1.82, 2.24) is 15.2 Å². The van der Waals surface area contributed by atoms with Crippen molar-refractivity contribution in [3.05, 3.63) is 71.2 Å². The van der Waals surface area contributed by atoms with E-state index in [0.717, 1.165) is 54.6 Å². The van der Waals surface area contributed by atoms with Crippen LogP contribution in [0.3, 0.4) is 0 Å². The summed E-state index contributed by atoms with van der Waals surface area (Å²) in [6.45, 7) is 0.589. The van der Waals surface area contributed by atoms with Crippen molar-refractivity contribution >= 4 is 16.9 Å². The number of nitrogens with one attached hydrogen (secondary N) is 2. The second-order valence-electron chi connectivity index (χ2n) is 11.1. The van der Waals surface area contributed by atoms with Crippen LogP contribution in [0.5, 0.6) is 0 Å². The van der Waals surface area contributed by atoms with Crippen LogP contribution in [0.4, 0.5) is 9.18 Å². The zero-order valence-electron chi connectivity index (χ0n) is 18.8. The number of rotatable bonds is 2. The minimum absolute atomic E-state index is 0.0329. The largest absolute Gasteiger partial charge is 0.356 e. The van der Waals surface area contributed by atoms with Crippen LogP contribution in [0.25, 0.3) is 10.9 Å². The Morgan fingerprint density at radius 3 is 2.36 bits per heavy atom. The molecule has 0 radical (unpaired) electrons. The van der Waals surface area contributed by atoms with Crippen LogP contribution in [0.2, 0.25) is 0 Å². The molecule has 3 aromatic rings. The van der Waals surface area contributed by atoms with Gasteiger partial charge < -0.3 is 15.2 Å². The van der Waals surface area contributed by atoms with E-state index in [-0.39, 0.29) is 17.4 Å². The molecular formula is C28H30FN3O. The molecule has 1 unspecified atom stereocenters. The van der Waals surface area contributed by atoms with Gasteiger partial charge in [-0.3, -0.25) is 0 Å². The first kappa shape index (κ1) is 19.6. The van der Waals surface area contributed by atoms with Crippen molar-refractivity contribution in [3.63, 3.8) is 0 Å². The number of benzene rings is 2. The zero-order valence-corrected chi connectivity index (χ0v) is 18.8. The first-order valence-corrected chi connectivity index (χ1v) is 12.5. The SMILES string of the molecule is O=C(NC12CC3CC(CC(C3)C1)C2)N1CCc2c([nH]c3ccccc23)C1c1ccccc1F. The van der Waals surface area contributed by atoms with Gasteiger partial charge >= 0.3 is 6.03 Å². The Hall–Kier alpha value is -2.82. The molecule has 5 aliphatic rings. The molecular weight excluding hydrogens is 413 g/mol. The van der Waals surface area contributed by atoms with Crippen molar-refractivity contribution in [1.29, 1.82) is 0 Å². The van der Waals surface area contributed by atoms with Gasteiger partial charge in [0, 0.05) is 34.2 Å². The molecule has 2 N–H and O–H groups in total. The van der Waals surface area contributed by atoms with Crippen LogP contribution in [-0.2, 0) is 6.42 Å². The van der Waals surface area contributed by atoms with Crippen molar-refractivity contribution in [2.45, 2.75) is 56.5 Å². The fourth-order valence-electron chi connectivity index (χ4n) is 8.04. The monoisotopic (exact) mass is 443 g/mol. The molecule has 1 aliphatic heterocycles. The summed E-state index contributed by atoms with van der Waals surface area (Å²) in [6, 6.07) is 14.7. The maximum absolute atomic E-state index is 15.1. The summed E-state index contributed by atoms with van der Waals surface area (Å²) in [5.74, 6) is 2.03. The van der Waals surface area contributed by atoms with Crippen LogP contribution >= 0.6 is 0 Å². The Kier molecular flexibility index (Phi) is 4.22. The van der Waals surface area contributed by atoms with Gasteiger partial charge in [0.1, 0.15) is 11.9 Å². The fourth-order valence-corrected chi connectivity index (χ4v) is 8.04. The second kappa shape index (κ2) is 7.09. The lowest BCUT2D eigenvalue weighted by atomic mass is 9.53. The number of hydrogen-bond donors (Lipinski definition) is 2. The van der Waals surface area contributed by atoms with Gasteiger partial charge in [0.15, 0.2) is 0 Å². The number of amides is 2. The number of carbonyl (C=O) groups is 1. The lowest BCUT2D eigenvalue weighted by Gasteiger charge is -2.57.